The van der Waals surface area contributed by atoms with E-state index in [-0.39, 0.29) is 11.5 Å². The van der Waals surface area contributed by atoms with E-state index in [2.05, 4.69) is 4.74 Å². The van der Waals surface area contributed by atoms with Gasteiger partial charge in [0, 0.05) is 5.54 Å². The molecule has 1 aliphatic rings. The van der Waals surface area contributed by atoms with Crippen LogP contribution in [0.5, 0.6) is 0 Å². The first-order valence-electron chi connectivity index (χ1n) is 4.12. The first kappa shape index (κ1) is 8.72. The van der Waals surface area contributed by atoms with Crippen LogP contribution in [0, 0.1) is 0 Å². The number of rotatable bonds is 2. The van der Waals surface area contributed by atoms with Crippen molar-refractivity contribution in [3.63, 3.8) is 0 Å². The molecule has 0 radical (unpaired) electrons. The fourth-order valence-electron chi connectivity index (χ4n) is 1.36. The number of thiophene rings is 1. The maximum Gasteiger partial charge on any atom is 0.348 e. The van der Waals surface area contributed by atoms with Gasteiger partial charge in [-0.05, 0) is 29.9 Å². The molecule has 0 bridgehead atoms. The summed E-state index contributed by atoms with van der Waals surface area (Å²) in [5, 5.41) is 1.88. The molecular formula is C9H11NO2S. The molecule has 13 heavy (non-hydrogen) atoms. The van der Waals surface area contributed by atoms with Crippen LogP contribution in [0.3, 0.4) is 0 Å². The summed E-state index contributed by atoms with van der Waals surface area (Å²) < 4.78 is 4.67. The largest absolute Gasteiger partial charge is 0.465 e. The molecule has 70 valence electrons. The van der Waals surface area contributed by atoms with E-state index in [1.807, 2.05) is 11.4 Å². The van der Waals surface area contributed by atoms with Crippen molar-refractivity contribution in [2.45, 2.75) is 18.4 Å². The van der Waals surface area contributed by atoms with Crippen molar-refractivity contribution in [3.05, 3.63) is 21.9 Å². The van der Waals surface area contributed by atoms with Crippen LogP contribution >= 0.6 is 11.3 Å². The van der Waals surface area contributed by atoms with Crippen molar-refractivity contribution in [1.82, 2.24) is 0 Å². The number of carbonyl (C=O) groups excluding carboxylic acids is 1. The lowest BCUT2D eigenvalue weighted by Gasteiger charge is -2.08. The predicted molar refractivity (Wildman–Crippen MR) is 50.8 cm³/mol. The van der Waals surface area contributed by atoms with Gasteiger partial charge in [0.15, 0.2) is 0 Å². The summed E-state index contributed by atoms with van der Waals surface area (Å²) in [6, 6.07) is 1.92. The smallest absolute Gasteiger partial charge is 0.348 e. The number of nitrogens with two attached hydrogens (primary N) is 1. The highest BCUT2D eigenvalue weighted by Gasteiger charge is 2.43. The summed E-state index contributed by atoms with van der Waals surface area (Å²) in [7, 11) is 1.39. The Morgan fingerprint density at radius 1 is 1.69 bits per heavy atom. The second-order valence-corrected chi connectivity index (χ2v) is 4.23. The average Bonchev–Trinajstić information content (AvgIpc) is 2.71. The number of ether oxygens (including phenoxy) is 1. The van der Waals surface area contributed by atoms with E-state index in [0.29, 0.717) is 4.88 Å². The Bertz CT molecular complexity index is 341. The topological polar surface area (TPSA) is 52.3 Å². The summed E-state index contributed by atoms with van der Waals surface area (Å²) in [6.07, 6.45) is 1.93. The normalized spacial score (nSPS) is 18.3. The SMILES string of the molecule is COC(=O)c1sccc1C1(N)CC1. The molecule has 2 rings (SSSR count). The molecule has 0 saturated heterocycles. The van der Waals surface area contributed by atoms with Crippen molar-refractivity contribution < 1.29 is 9.53 Å². The summed E-state index contributed by atoms with van der Waals surface area (Å²) in [5.41, 5.74) is 6.71. The molecule has 0 aliphatic heterocycles. The van der Waals surface area contributed by atoms with Gasteiger partial charge >= 0.3 is 5.97 Å². The van der Waals surface area contributed by atoms with Gasteiger partial charge < -0.3 is 10.5 Å². The monoisotopic (exact) mass is 197 g/mol. The van der Waals surface area contributed by atoms with Gasteiger partial charge in [0.05, 0.1) is 7.11 Å². The average molecular weight is 197 g/mol. The zero-order chi connectivity index (χ0) is 9.47. The Morgan fingerprint density at radius 3 is 2.92 bits per heavy atom. The van der Waals surface area contributed by atoms with Gasteiger partial charge in [-0.3, -0.25) is 0 Å². The van der Waals surface area contributed by atoms with Crippen molar-refractivity contribution in [1.29, 1.82) is 0 Å². The zero-order valence-corrected chi connectivity index (χ0v) is 8.19. The number of methoxy groups -OCH3 is 1. The van der Waals surface area contributed by atoms with Crippen LogP contribution in [0.2, 0.25) is 0 Å². The Labute approximate surface area is 80.5 Å². The highest BCUT2D eigenvalue weighted by molar-refractivity contribution is 7.12. The van der Waals surface area contributed by atoms with E-state index in [9.17, 15) is 4.79 Å². The van der Waals surface area contributed by atoms with Gasteiger partial charge in [-0.15, -0.1) is 11.3 Å². The molecular weight excluding hydrogens is 186 g/mol. The van der Waals surface area contributed by atoms with Gasteiger partial charge in [-0.25, -0.2) is 4.79 Å². The van der Waals surface area contributed by atoms with Gasteiger partial charge in [0.25, 0.3) is 0 Å². The summed E-state index contributed by atoms with van der Waals surface area (Å²) in [6.45, 7) is 0. The van der Waals surface area contributed by atoms with E-state index in [1.54, 1.807) is 0 Å². The first-order valence-corrected chi connectivity index (χ1v) is 5.00. The lowest BCUT2D eigenvalue weighted by Crippen LogP contribution is -2.20. The number of hydrogen-bond donors (Lipinski definition) is 1. The number of esters is 1. The van der Waals surface area contributed by atoms with Crippen molar-refractivity contribution in [2.75, 3.05) is 7.11 Å². The molecule has 0 amide bonds. The minimum Gasteiger partial charge on any atom is -0.465 e. The van der Waals surface area contributed by atoms with Crippen LogP contribution in [0.15, 0.2) is 11.4 Å². The molecule has 0 unspecified atom stereocenters. The minimum atomic E-state index is -0.276. The third-order valence-electron chi connectivity index (χ3n) is 2.36. The molecule has 1 aliphatic carbocycles. The Morgan fingerprint density at radius 2 is 2.38 bits per heavy atom. The van der Waals surface area contributed by atoms with E-state index in [4.69, 9.17) is 5.73 Å². The maximum absolute atomic E-state index is 11.3. The third-order valence-corrected chi connectivity index (χ3v) is 3.26. The van der Waals surface area contributed by atoms with Crippen molar-refractivity contribution >= 4 is 17.3 Å². The molecule has 1 aromatic heterocycles. The van der Waals surface area contributed by atoms with Crippen LogP contribution in [0.4, 0.5) is 0 Å². The highest BCUT2D eigenvalue weighted by Crippen LogP contribution is 2.45. The Balaban J connectivity index is 2.36. The third kappa shape index (κ3) is 1.36. The summed E-state index contributed by atoms with van der Waals surface area (Å²) >= 11 is 1.39. The molecule has 1 fully saturated rings. The van der Waals surface area contributed by atoms with E-state index < -0.39 is 0 Å². The van der Waals surface area contributed by atoms with Crippen molar-refractivity contribution in [3.8, 4) is 0 Å². The fraction of sp³-hybridized carbons (Fsp3) is 0.444. The zero-order valence-electron chi connectivity index (χ0n) is 7.37. The van der Waals surface area contributed by atoms with Crippen molar-refractivity contribution in [2.24, 2.45) is 5.73 Å². The highest BCUT2D eigenvalue weighted by atomic mass is 32.1. The van der Waals surface area contributed by atoms with Gasteiger partial charge in [0.1, 0.15) is 4.88 Å². The molecule has 0 aromatic carbocycles. The Kier molecular flexibility index (Phi) is 1.89. The van der Waals surface area contributed by atoms with Crippen LogP contribution in [-0.2, 0) is 10.3 Å². The standard InChI is InChI=1S/C9H11NO2S/c1-12-8(11)7-6(2-5-13-7)9(10)3-4-9/h2,5H,3-4,10H2,1H3. The van der Waals surface area contributed by atoms with Gasteiger partial charge in [-0.1, -0.05) is 0 Å². The maximum atomic E-state index is 11.3. The second kappa shape index (κ2) is 2.82. The molecule has 1 heterocycles. The van der Waals surface area contributed by atoms with Crippen LogP contribution in [0.25, 0.3) is 0 Å². The van der Waals surface area contributed by atoms with Crippen LogP contribution in [0.1, 0.15) is 28.1 Å². The molecule has 1 saturated carbocycles. The fourth-order valence-corrected chi connectivity index (χ4v) is 2.27. The van der Waals surface area contributed by atoms with E-state index >= 15 is 0 Å². The number of hydrogen-bond acceptors (Lipinski definition) is 4. The van der Waals surface area contributed by atoms with E-state index in [0.717, 1.165) is 18.4 Å². The quantitative estimate of drug-likeness (QED) is 0.731. The summed E-state index contributed by atoms with van der Waals surface area (Å²) in [5.74, 6) is -0.276. The molecule has 0 atom stereocenters. The molecule has 4 heteroatoms. The van der Waals surface area contributed by atoms with Gasteiger partial charge in [-0.2, -0.15) is 0 Å². The second-order valence-electron chi connectivity index (χ2n) is 3.31. The van der Waals surface area contributed by atoms with Crippen LogP contribution < -0.4 is 5.73 Å². The molecule has 3 nitrogen and oxygen atoms in total. The van der Waals surface area contributed by atoms with Crippen LogP contribution in [-0.4, -0.2) is 13.1 Å². The molecule has 0 spiro atoms. The van der Waals surface area contributed by atoms with E-state index in [1.165, 1.54) is 18.4 Å². The lowest BCUT2D eigenvalue weighted by molar-refractivity contribution is 0.0604. The molecule has 1 aromatic rings. The Hall–Kier alpha value is -0.870. The first-order chi connectivity index (χ1) is 6.17. The molecule has 2 N–H and O–H groups in total. The minimum absolute atomic E-state index is 0.247. The van der Waals surface area contributed by atoms with Gasteiger partial charge in [0.2, 0.25) is 0 Å². The predicted octanol–water partition coefficient (Wildman–Crippen LogP) is 1.48. The summed E-state index contributed by atoms with van der Waals surface area (Å²) in [4.78, 5) is 12.0. The number of carbonyl (C=O) groups is 1. The lowest BCUT2D eigenvalue weighted by atomic mass is 10.1.